The SMILES string of the molecule is COCCO[C@@H]1CCCN(C(=O)[C@H]2CCCOC2)C1. The maximum Gasteiger partial charge on any atom is 0.228 e. The standard InChI is InChI=1S/C14H25NO4/c1-17-8-9-19-13-5-2-6-15(10-13)14(16)12-4-3-7-18-11-12/h12-13H,2-11H2,1H3/t12-,13+/m0/s1. The highest BCUT2D eigenvalue weighted by Gasteiger charge is 2.30. The van der Waals surface area contributed by atoms with Crippen LogP contribution in [0.2, 0.25) is 0 Å². The van der Waals surface area contributed by atoms with Crippen LogP contribution in [0.5, 0.6) is 0 Å². The first kappa shape index (κ1) is 14.8. The van der Waals surface area contributed by atoms with Crippen molar-refractivity contribution >= 4 is 5.91 Å². The number of hydrogen-bond donors (Lipinski definition) is 0. The van der Waals surface area contributed by atoms with E-state index < -0.39 is 0 Å². The molecule has 0 radical (unpaired) electrons. The van der Waals surface area contributed by atoms with E-state index in [-0.39, 0.29) is 17.9 Å². The second-order valence-corrected chi connectivity index (χ2v) is 5.33. The monoisotopic (exact) mass is 271 g/mol. The zero-order valence-corrected chi connectivity index (χ0v) is 11.8. The molecule has 2 rings (SSSR count). The number of carbonyl (C=O) groups is 1. The molecule has 0 N–H and O–H groups in total. The van der Waals surface area contributed by atoms with Crippen molar-refractivity contribution in [1.29, 1.82) is 0 Å². The van der Waals surface area contributed by atoms with Crippen LogP contribution in [0, 0.1) is 5.92 Å². The average Bonchev–Trinajstić information content (AvgIpc) is 2.48. The first-order valence-corrected chi connectivity index (χ1v) is 7.28. The van der Waals surface area contributed by atoms with Crippen LogP contribution in [-0.4, -0.2) is 63.5 Å². The Morgan fingerprint density at radius 3 is 2.95 bits per heavy atom. The number of piperidine rings is 1. The number of ether oxygens (including phenoxy) is 3. The van der Waals surface area contributed by atoms with E-state index in [1.807, 2.05) is 4.90 Å². The normalized spacial score (nSPS) is 28.4. The van der Waals surface area contributed by atoms with Crippen molar-refractivity contribution in [2.45, 2.75) is 31.8 Å². The van der Waals surface area contributed by atoms with Gasteiger partial charge in [-0.3, -0.25) is 4.79 Å². The van der Waals surface area contributed by atoms with Crippen molar-refractivity contribution < 1.29 is 19.0 Å². The molecule has 1 amide bonds. The van der Waals surface area contributed by atoms with Gasteiger partial charge in [0.2, 0.25) is 5.91 Å². The van der Waals surface area contributed by atoms with Gasteiger partial charge in [-0.05, 0) is 25.7 Å². The van der Waals surface area contributed by atoms with Crippen molar-refractivity contribution in [1.82, 2.24) is 4.90 Å². The molecular formula is C14H25NO4. The molecular weight excluding hydrogens is 246 g/mol. The van der Waals surface area contributed by atoms with Gasteiger partial charge in [-0.15, -0.1) is 0 Å². The van der Waals surface area contributed by atoms with E-state index in [4.69, 9.17) is 14.2 Å². The molecule has 0 saturated carbocycles. The van der Waals surface area contributed by atoms with E-state index >= 15 is 0 Å². The smallest absolute Gasteiger partial charge is 0.228 e. The Balaban J connectivity index is 1.77. The molecule has 2 fully saturated rings. The fourth-order valence-corrected chi connectivity index (χ4v) is 2.77. The number of amides is 1. The van der Waals surface area contributed by atoms with Crippen molar-refractivity contribution in [3.63, 3.8) is 0 Å². The van der Waals surface area contributed by atoms with Gasteiger partial charge < -0.3 is 19.1 Å². The number of rotatable bonds is 5. The summed E-state index contributed by atoms with van der Waals surface area (Å²) in [6, 6.07) is 0. The van der Waals surface area contributed by atoms with Crippen LogP contribution in [0.4, 0.5) is 0 Å². The summed E-state index contributed by atoms with van der Waals surface area (Å²) in [5.41, 5.74) is 0. The summed E-state index contributed by atoms with van der Waals surface area (Å²) >= 11 is 0. The topological polar surface area (TPSA) is 48.0 Å². The summed E-state index contributed by atoms with van der Waals surface area (Å²) in [5, 5.41) is 0. The molecule has 0 bridgehead atoms. The van der Waals surface area contributed by atoms with Gasteiger partial charge in [-0.25, -0.2) is 0 Å². The Morgan fingerprint density at radius 2 is 2.21 bits per heavy atom. The van der Waals surface area contributed by atoms with Crippen LogP contribution in [0.15, 0.2) is 0 Å². The van der Waals surface area contributed by atoms with Gasteiger partial charge in [0, 0.05) is 26.8 Å². The minimum absolute atomic E-state index is 0.0616. The highest BCUT2D eigenvalue weighted by Crippen LogP contribution is 2.20. The molecule has 2 aliphatic rings. The van der Waals surface area contributed by atoms with Crippen molar-refractivity contribution in [3.05, 3.63) is 0 Å². The minimum atomic E-state index is 0.0616. The molecule has 2 heterocycles. The molecule has 0 aromatic rings. The first-order chi connectivity index (χ1) is 9.31. The minimum Gasteiger partial charge on any atom is -0.382 e. The maximum absolute atomic E-state index is 12.4. The second-order valence-electron chi connectivity index (χ2n) is 5.33. The highest BCUT2D eigenvalue weighted by atomic mass is 16.5. The average molecular weight is 271 g/mol. The number of hydrogen-bond acceptors (Lipinski definition) is 4. The summed E-state index contributed by atoms with van der Waals surface area (Å²) < 4.78 is 16.1. The number of nitrogens with zero attached hydrogens (tertiary/aromatic N) is 1. The zero-order valence-electron chi connectivity index (χ0n) is 11.8. The number of likely N-dealkylation sites (tertiary alicyclic amines) is 1. The van der Waals surface area contributed by atoms with E-state index in [1.54, 1.807) is 7.11 Å². The predicted octanol–water partition coefficient (Wildman–Crippen LogP) is 1.07. The molecule has 19 heavy (non-hydrogen) atoms. The van der Waals surface area contributed by atoms with Gasteiger partial charge in [0.15, 0.2) is 0 Å². The van der Waals surface area contributed by atoms with Crippen molar-refractivity contribution in [2.24, 2.45) is 5.92 Å². The Morgan fingerprint density at radius 1 is 1.32 bits per heavy atom. The third kappa shape index (κ3) is 4.44. The molecule has 0 aliphatic carbocycles. The lowest BCUT2D eigenvalue weighted by molar-refractivity contribution is -0.144. The summed E-state index contributed by atoms with van der Waals surface area (Å²) in [7, 11) is 1.67. The summed E-state index contributed by atoms with van der Waals surface area (Å²) in [6.07, 6.45) is 4.19. The van der Waals surface area contributed by atoms with Crippen LogP contribution in [0.3, 0.4) is 0 Å². The molecule has 110 valence electrons. The largest absolute Gasteiger partial charge is 0.382 e. The van der Waals surface area contributed by atoms with Crippen LogP contribution in [0.1, 0.15) is 25.7 Å². The Kier molecular flexibility index (Phi) is 6.07. The maximum atomic E-state index is 12.4. The fourth-order valence-electron chi connectivity index (χ4n) is 2.77. The number of methoxy groups -OCH3 is 1. The molecule has 0 unspecified atom stereocenters. The molecule has 2 saturated heterocycles. The Bertz CT molecular complexity index is 279. The molecule has 0 aromatic carbocycles. The van der Waals surface area contributed by atoms with E-state index in [1.165, 1.54) is 0 Å². The van der Waals surface area contributed by atoms with Gasteiger partial charge in [0.05, 0.1) is 31.8 Å². The van der Waals surface area contributed by atoms with Crippen LogP contribution >= 0.6 is 0 Å². The van der Waals surface area contributed by atoms with Gasteiger partial charge in [-0.2, -0.15) is 0 Å². The molecule has 0 spiro atoms. The first-order valence-electron chi connectivity index (χ1n) is 7.28. The zero-order chi connectivity index (χ0) is 13.5. The van der Waals surface area contributed by atoms with Crippen molar-refractivity contribution in [2.75, 3.05) is 46.6 Å². The lowest BCUT2D eigenvalue weighted by Gasteiger charge is -2.35. The molecule has 2 aliphatic heterocycles. The lowest BCUT2D eigenvalue weighted by atomic mass is 9.98. The van der Waals surface area contributed by atoms with Gasteiger partial charge in [-0.1, -0.05) is 0 Å². The molecule has 0 aromatic heterocycles. The molecule has 5 heteroatoms. The second kappa shape index (κ2) is 7.82. The Labute approximate surface area is 115 Å². The van der Waals surface area contributed by atoms with Crippen molar-refractivity contribution in [3.8, 4) is 0 Å². The predicted molar refractivity (Wildman–Crippen MR) is 71.0 cm³/mol. The summed E-state index contributed by atoms with van der Waals surface area (Å²) in [6.45, 7) is 4.19. The third-order valence-electron chi connectivity index (χ3n) is 3.84. The quantitative estimate of drug-likeness (QED) is 0.702. The summed E-state index contributed by atoms with van der Waals surface area (Å²) in [5.74, 6) is 0.311. The van der Waals surface area contributed by atoms with Crippen LogP contribution in [-0.2, 0) is 19.0 Å². The van der Waals surface area contributed by atoms with E-state index in [2.05, 4.69) is 0 Å². The van der Waals surface area contributed by atoms with Gasteiger partial charge >= 0.3 is 0 Å². The third-order valence-corrected chi connectivity index (χ3v) is 3.84. The summed E-state index contributed by atoms with van der Waals surface area (Å²) in [4.78, 5) is 14.4. The Hall–Kier alpha value is -0.650. The van der Waals surface area contributed by atoms with Gasteiger partial charge in [0.25, 0.3) is 0 Å². The fraction of sp³-hybridized carbons (Fsp3) is 0.929. The highest BCUT2D eigenvalue weighted by molar-refractivity contribution is 5.79. The van der Waals surface area contributed by atoms with E-state index in [0.29, 0.717) is 19.8 Å². The molecule has 2 atom stereocenters. The molecule has 5 nitrogen and oxygen atoms in total. The van der Waals surface area contributed by atoms with E-state index in [9.17, 15) is 4.79 Å². The number of carbonyl (C=O) groups excluding carboxylic acids is 1. The van der Waals surface area contributed by atoms with Gasteiger partial charge in [0.1, 0.15) is 0 Å². The van der Waals surface area contributed by atoms with Crippen LogP contribution in [0.25, 0.3) is 0 Å². The van der Waals surface area contributed by atoms with Crippen LogP contribution < -0.4 is 0 Å². The lowest BCUT2D eigenvalue weighted by Crippen LogP contribution is -2.47. The van der Waals surface area contributed by atoms with E-state index in [0.717, 1.165) is 45.4 Å².